The summed E-state index contributed by atoms with van der Waals surface area (Å²) in [4.78, 5) is 24.4. The highest BCUT2D eigenvalue weighted by Crippen LogP contribution is 2.05. The minimum atomic E-state index is -1.46. The Balaban J connectivity index is 4.44. The van der Waals surface area contributed by atoms with Gasteiger partial charge in [-0.3, -0.25) is 0 Å². The molecule has 0 saturated heterocycles. The van der Waals surface area contributed by atoms with Gasteiger partial charge in [-0.2, -0.15) is 0 Å². The van der Waals surface area contributed by atoms with Crippen LogP contribution in [0.15, 0.2) is 0 Å². The van der Waals surface area contributed by atoms with E-state index in [9.17, 15) is 20.0 Å². The molecule has 8 heteroatoms. The largest absolute Gasteiger partial charge is 0.550 e. The number of nitriles is 1. The second-order valence-electron chi connectivity index (χ2n) is 3.49. The Kier molecular flexibility index (Phi) is 4.47. The van der Waals surface area contributed by atoms with Crippen molar-refractivity contribution in [1.29, 1.82) is 5.26 Å². The zero-order chi connectivity index (χ0) is 12.1. The quantitative estimate of drug-likeness (QED) is 0.225. The first kappa shape index (κ1) is 13.1. The fourth-order valence-corrected chi connectivity index (χ4v) is 0.993. The van der Waals surface area contributed by atoms with Crippen LogP contribution in [0.1, 0.15) is 6.42 Å². The minimum Gasteiger partial charge on any atom is -0.550 e. The van der Waals surface area contributed by atoms with E-state index in [0.717, 1.165) is 0 Å². The zero-order valence-corrected chi connectivity index (χ0v) is 8.37. The Morgan fingerprint density at radius 3 is 2.53 bits per heavy atom. The van der Waals surface area contributed by atoms with Crippen LogP contribution in [0.4, 0.5) is 0 Å². The SMILES string of the molecule is C[N+](C)(C#N)CC(CC(=O)[O-])O[N+](=O)[O-]. The predicted molar refractivity (Wildman–Crippen MR) is 44.1 cm³/mol. The van der Waals surface area contributed by atoms with E-state index >= 15 is 0 Å². The average molecular weight is 217 g/mol. The second kappa shape index (κ2) is 5.11. The molecule has 0 rings (SSSR count). The number of rotatable bonds is 6. The molecule has 0 aromatic rings. The minimum absolute atomic E-state index is 0.106. The lowest BCUT2D eigenvalue weighted by Gasteiger charge is -2.23. The van der Waals surface area contributed by atoms with Gasteiger partial charge in [0.15, 0.2) is 6.10 Å². The number of hydrogen-bond donors (Lipinski definition) is 0. The molecular weight excluding hydrogens is 206 g/mol. The molecule has 0 aromatic carbocycles. The van der Waals surface area contributed by atoms with Crippen LogP contribution in [0.3, 0.4) is 0 Å². The molecule has 84 valence electrons. The third-order valence-electron chi connectivity index (χ3n) is 1.56. The lowest BCUT2D eigenvalue weighted by molar-refractivity contribution is -0.847. The average Bonchev–Trinajstić information content (AvgIpc) is 2.00. The number of carbonyl (C=O) groups excluding carboxylic acids is 1. The highest BCUT2D eigenvalue weighted by Gasteiger charge is 2.25. The van der Waals surface area contributed by atoms with E-state index in [1.165, 1.54) is 14.1 Å². The first-order valence-corrected chi connectivity index (χ1v) is 4.02. The molecule has 0 aliphatic carbocycles. The molecule has 0 aliphatic heterocycles. The van der Waals surface area contributed by atoms with Crippen LogP contribution in [-0.4, -0.2) is 42.3 Å². The standard InChI is InChI=1S/C7H11N3O5/c1-10(2,5-8)4-6(3-7(11)12)15-9(13)14/h6H,3-4H2,1-2H3. The fourth-order valence-electron chi connectivity index (χ4n) is 0.993. The van der Waals surface area contributed by atoms with Crippen LogP contribution in [0, 0.1) is 21.6 Å². The van der Waals surface area contributed by atoms with E-state index in [4.69, 9.17) is 5.26 Å². The first-order chi connectivity index (χ1) is 6.76. The molecular formula is C7H11N3O5. The molecule has 0 fully saturated rings. The molecule has 0 heterocycles. The molecule has 0 N–H and O–H groups in total. The molecule has 15 heavy (non-hydrogen) atoms. The number of carbonyl (C=O) groups is 1. The van der Waals surface area contributed by atoms with Crippen molar-refractivity contribution in [3.63, 3.8) is 0 Å². The van der Waals surface area contributed by atoms with Gasteiger partial charge in [-0.05, 0) is 0 Å². The summed E-state index contributed by atoms with van der Waals surface area (Å²) in [5.41, 5.74) is 0. The Morgan fingerprint density at radius 1 is 1.67 bits per heavy atom. The van der Waals surface area contributed by atoms with Crippen LogP contribution in [-0.2, 0) is 9.63 Å². The number of quaternary nitrogens is 1. The van der Waals surface area contributed by atoms with Crippen molar-refractivity contribution < 1.29 is 24.3 Å². The molecule has 0 aliphatic rings. The fraction of sp³-hybridized carbons (Fsp3) is 0.714. The van der Waals surface area contributed by atoms with Crippen LogP contribution in [0.2, 0.25) is 0 Å². The summed E-state index contributed by atoms with van der Waals surface area (Å²) in [5.74, 6) is -1.46. The summed E-state index contributed by atoms with van der Waals surface area (Å²) >= 11 is 0. The van der Waals surface area contributed by atoms with Crippen LogP contribution < -0.4 is 5.11 Å². The maximum Gasteiger partial charge on any atom is 0.308 e. The summed E-state index contributed by atoms with van der Waals surface area (Å²) < 4.78 is -0.244. The maximum absolute atomic E-state index is 10.3. The lowest BCUT2D eigenvalue weighted by Crippen LogP contribution is -2.44. The number of carboxylic acid groups (broad SMARTS) is 1. The summed E-state index contributed by atoms with van der Waals surface area (Å²) in [7, 11) is 2.96. The van der Waals surface area contributed by atoms with Crippen molar-refractivity contribution in [2.24, 2.45) is 0 Å². The van der Waals surface area contributed by atoms with E-state index in [1.54, 1.807) is 0 Å². The summed E-state index contributed by atoms with van der Waals surface area (Å²) in [5, 5.41) is 27.9. The number of hydrogen-bond acceptors (Lipinski definition) is 6. The summed E-state index contributed by atoms with van der Waals surface area (Å²) in [6.45, 7) is -0.106. The van der Waals surface area contributed by atoms with E-state index in [1.807, 2.05) is 6.19 Å². The van der Waals surface area contributed by atoms with Gasteiger partial charge < -0.3 is 14.7 Å². The lowest BCUT2D eigenvalue weighted by atomic mass is 10.2. The Hall–Kier alpha value is -1.88. The van der Waals surface area contributed by atoms with E-state index < -0.39 is 23.6 Å². The normalized spacial score (nSPS) is 12.6. The van der Waals surface area contributed by atoms with Gasteiger partial charge in [-0.15, -0.1) is 15.4 Å². The van der Waals surface area contributed by atoms with Crippen molar-refractivity contribution in [2.75, 3.05) is 20.6 Å². The molecule has 1 atom stereocenters. The smallest absolute Gasteiger partial charge is 0.308 e. The van der Waals surface area contributed by atoms with E-state index in [0.29, 0.717) is 0 Å². The van der Waals surface area contributed by atoms with Gasteiger partial charge in [-0.1, -0.05) is 0 Å². The number of aliphatic carboxylic acids is 1. The third-order valence-corrected chi connectivity index (χ3v) is 1.56. The van der Waals surface area contributed by atoms with Gasteiger partial charge in [0.2, 0.25) is 0 Å². The number of likely N-dealkylation sites (N-methyl/N-ethyl adjacent to an activating group) is 1. The third kappa shape index (κ3) is 6.23. The van der Waals surface area contributed by atoms with Crippen molar-refractivity contribution in [1.82, 2.24) is 0 Å². The van der Waals surface area contributed by atoms with Crippen molar-refractivity contribution >= 4 is 5.97 Å². The topological polar surface area (TPSA) is 116 Å². The van der Waals surface area contributed by atoms with Crippen LogP contribution in [0.5, 0.6) is 0 Å². The molecule has 0 amide bonds. The Bertz CT molecular complexity index is 279. The highest BCUT2D eigenvalue weighted by molar-refractivity contribution is 5.64. The van der Waals surface area contributed by atoms with Crippen LogP contribution in [0.25, 0.3) is 0 Å². The van der Waals surface area contributed by atoms with E-state index in [-0.39, 0.29) is 11.0 Å². The van der Waals surface area contributed by atoms with Crippen LogP contribution >= 0.6 is 0 Å². The number of nitrogens with zero attached hydrogens (tertiary/aromatic N) is 3. The predicted octanol–water partition coefficient (Wildman–Crippen LogP) is -1.74. The van der Waals surface area contributed by atoms with Gasteiger partial charge in [-0.25, -0.2) is 4.48 Å². The van der Waals surface area contributed by atoms with Gasteiger partial charge in [0.1, 0.15) is 6.54 Å². The van der Waals surface area contributed by atoms with Gasteiger partial charge in [0, 0.05) is 12.4 Å². The molecule has 0 spiro atoms. The first-order valence-electron chi connectivity index (χ1n) is 4.02. The van der Waals surface area contributed by atoms with Crippen molar-refractivity contribution in [3.05, 3.63) is 10.1 Å². The Labute approximate surface area is 86.0 Å². The highest BCUT2D eigenvalue weighted by atomic mass is 17.0. The Morgan fingerprint density at radius 2 is 2.20 bits per heavy atom. The van der Waals surface area contributed by atoms with Crippen molar-refractivity contribution in [2.45, 2.75) is 12.5 Å². The zero-order valence-electron chi connectivity index (χ0n) is 8.37. The monoisotopic (exact) mass is 217 g/mol. The van der Waals surface area contributed by atoms with E-state index in [2.05, 4.69) is 4.84 Å². The molecule has 0 aromatic heterocycles. The molecule has 0 radical (unpaired) electrons. The molecule has 8 nitrogen and oxygen atoms in total. The molecule has 1 unspecified atom stereocenters. The van der Waals surface area contributed by atoms with Gasteiger partial charge in [0.25, 0.3) is 5.09 Å². The van der Waals surface area contributed by atoms with Gasteiger partial charge >= 0.3 is 6.19 Å². The van der Waals surface area contributed by atoms with Crippen molar-refractivity contribution in [3.8, 4) is 6.19 Å². The van der Waals surface area contributed by atoms with Gasteiger partial charge in [0.05, 0.1) is 14.1 Å². The molecule has 0 bridgehead atoms. The summed E-state index contributed by atoms with van der Waals surface area (Å²) in [6, 6.07) is 0. The second-order valence-corrected chi connectivity index (χ2v) is 3.49. The number of carboxylic acids is 1. The maximum atomic E-state index is 10.3. The molecule has 0 saturated carbocycles. The summed E-state index contributed by atoms with van der Waals surface area (Å²) in [6.07, 6.45) is 0.0383.